The van der Waals surface area contributed by atoms with Crippen LogP contribution in [-0.4, -0.2) is 35.3 Å². The van der Waals surface area contributed by atoms with Gasteiger partial charge in [0.25, 0.3) is 0 Å². The van der Waals surface area contributed by atoms with Gasteiger partial charge in [-0.3, -0.25) is 0 Å². The summed E-state index contributed by atoms with van der Waals surface area (Å²) in [4.78, 5) is 10.5. The number of anilines is 2. The minimum Gasteiger partial charge on any atom is -0.383 e. The second kappa shape index (κ2) is 6.00. The van der Waals surface area contributed by atoms with Gasteiger partial charge in [-0.25, -0.2) is 18.7 Å². The summed E-state index contributed by atoms with van der Waals surface area (Å²) in [5.74, 6) is -1.33. The molecule has 2 bridgehead atoms. The predicted molar refractivity (Wildman–Crippen MR) is 99.8 cm³/mol. The van der Waals surface area contributed by atoms with Crippen molar-refractivity contribution >= 4 is 34.0 Å². The summed E-state index contributed by atoms with van der Waals surface area (Å²) in [6.07, 6.45) is 2.81. The number of benzene rings is 2. The Morgan fingerprint density at radius 2 is 1.85 bits per heavy atom. The van der Waals surface area contributed by atoms with E-state index in [1.807, 2.05) is 12.1 Å². The number of morpholine rings is 1. The van der Waals surface area contributed by atoms with Gasteiger partial charge in [-0.1, -0.05) is 11.6 Å². The van der Waals surface area contributed by atoms with Crippen molar-refractivity contribution in [1.29, 1.82) is 0 Å². The SMILES string of the molecule is Nc1ncnc2c(-c3ccc(F)c(Cl)c3F)cc(N3C[C@H]4C[C@@H](C3)O4)cc12. The summed E-state index contributed by atoms with van der Waals surface area (Å²) in [6.45, 7) is 1.50. The first kappa shape index (κ1) is 16.6. The molecule has 5 nitrogen and oxygen atoms in total. The summed E-state index contributed by atoms with van der Waals surface area (Å²) in [5.41, 5.74) is 8.09. The number of nitrogens with two attached hydrogens (primary N) is 1. The van der Waals surface area contributed by atoms with Crippen LogP contribution in [0.1, 0.15) is 6.42 Å². The summed E-state index contributed by atoms with van der Waals surface area (Å²) in [7, 11) is 0. The molecule has 4 heterocycles. The maximum absolute atomic E-state index is 14.7. The Morgan fingerprint density at radius 1 is 1.11 bits per heavy atom. The van der Waals surface area contributed by atoms with E-state index in [-0.39, 0.29) is 17.8 Å². The first-order valence-electron chi connectivity index (χ1n) is 8.60. The van der Waals surface area contributed by atoms with Crippen molar-refractivity contribution in [3.8, 4) is 11.1 Å². The average Bonchev–Trinajstić information content (AvgIpc) is 2.66. The molecule has 0 amide bonds. The van der Waals surface area contributed by atoms with E-state index >= 15 is 0 Å². The smallest absolute Gasteiger partial charge is 0.152 e. The zero-order valence-corrected chi connectivity index (χ0v) is 14.9. The van der Waals surface area contributed by atoms with Crippen LogP contribution in [0, 0.1) is 11.6 Å². The van der Waals surface area contributed by atoms with E-state index in [4.69, 9.17) is 22.1 Å². The minimum atomic E-state index is -0.822. The Hall–Kier alpha value is -2.51. The highest BCUT2D eigenvalue weighted by atomic mass is 35.5. The van der Waals surface area contributed by atoms with E-state index in [9.17, 15) is 8.78 Å². The molecule has 0 unspecified atom stereocenters. The highest BCUT2D eigenvalue weighted by molar-refractivity contribution is 6.31. The van der Waals surface area contributed by atoms with Crippen LogP contribution in [0.5, 0.6) is 0 Å². The summed E-state index contributed by atoms with van der Waals surface area (Å²) >= 11 is 5.79. The summed E-state index contributed by atoms with van der Waals surface area (Å²) in [6, 6.07) is 6.26. The standard InChI is InChI=1S/C19H15ClF2N4O/c20-16-15(21)2-1-12(17(16)22)13-3-9(26-6-10-5-11(7-26)27-10)4-14-18(13)24-8-25-19(14)23/h1-4,8,10-11H,5-7H2,(H2,23,24,25)/t10-,11+. The Kier molecular flexibility index (Phi) is 3.70. The molecule has 1 aromatic heterocycles. The van der Waals surface area contributed by atoms with Crippen LogP contribution in [0.3, 0.4) is 0 Å². The van der Waals surface area contributed by atoms with Gasteiger partial charge in [0, 0.05) is 41.7 Å². The lowest BCUT2D eigenvalue weighted by atomic mass is 9.96. The van der Waals surface area contributed by atoms with Gasteiger partial charge < -0.3 is 15.4 Å². The van der Waals surface area contributed by atoms with E-state index in [0.29, 0.717) is 22.3 Å². The fraction of sp³-hybridized carbons (Fsp3) is 0.263. The van der Waals surface area contributed by atoms with E-state index in [2.05, 4.69) is 14.9 Å². The molecule has 0 saturated carbocycles. The van der Waals surface area contributed by atoms with E-state index in [1.165, 1.54) is 12.4 Å². The molecule has 0 aliphatic carbocycles. The second-order valence-corrected chi connectivity index (χ2v) is 7.27. The van der Waals surface area contributed by atoms with Crippen molar-refractivity contribution in [3.05, 3.63) is 47.2 Å². The van der Waals surface area contributed by atoms with Gasteiger partial charge in [-0.05, 0) is 24.3 Å². The van der Waals surface area contributed by atoms with Crippen molar-refractivity contribution in [1.82, 2.24) is 9.97 Å². The van der Waals surface area contributed by atoms with Gasteiger partial charge in [0.15, 0.2) is 5.82 Å². The van der Waals surface area contributed by atoms with Crippen molar-refractivity contribution < 1.29 is 13.5 Å². The van der Waals surface area contributed by atoms with Crippen molar-refractivity contribution in [2.75, 3.05) is 23.7 Å². The Labute approximate surface area is 158 Å². The number of nitrogen functional groups attached to an aromatic ring is 1. The van der Waals surface area contributed by atoms with Crippen LogP contribution in [0.25, 0.3) is 22.0 Å². The lowest BCUT2D eigenvalue weighted by Crippen LogP contribution is -2.57. The minimum absolute atomic E-state index is 0.171. The molecule has 3 aliphatic rings. The molecule has 8 heteroatoms. The van der Waals surface area contributed by atoms with Crippen LogP contribution in [-0.2, 0) is 4.74 Å². The monoisotopic (exact) mass is 388 g/mol. The third-order valence-corrected chi connectivity index (χ3v) is 5.55. The average molecular weight is 389 g/mol. The van der Waals surface area contributed by atoms with Crippen LogP contribution >= 0.6 is 11.6 Å². The number of aromatic nitrogens is 2. The number of fused-ring (bicyclic) bond motifs is 3. The van der Waals surface area contributed by atoms with E-state index in [0.717, 1.165) is 31.3 Å². The zero-order valence-electron chi connectivity index (χ0n) is 14.1. The maximum Gasteiger partial charge on any atom is 0.152 e. The van der Waals surface area contributed by atoms with Crippen molar-refractivity contribution in [3.63, 3.8) is 0 Å². The molecular formula is C19H15ClF2N4O. The molecule has 3 fully saturated rings. The molecule has 2 aromatic carbocycles. The largest absolute Gasteiger partial charge is 0.383 e. The fourth-order valence-corrected chi connectivity index (χ4v) is 4.02. The number of hydrogen-bond donors (Lipinski definition) is 1. The van der Waals surface area contributed by atoms with Gasteiger partial charge in [0.05, 0.1) is 17.7 Å². The second-order valence-electron chi connectivity index (χ2n) is 6.89. The predicted octanol–water partition coefficient (Wildman–Crippen LogP) is 3.79. The maximum atomic E-state index is 14.7. The number of rotatable bonds is 2. The van der Waals surface area contributed by atoms with Gasteiger partial charge in [-0.15, -0.1) is 0 Å². The lowest BCUT2D eigenvalue weighted by molar-refractivity contribution is -0.133. The third kappa shape index (κ3) is 2.61. The Bertz CT molecular complexity index is 1060. The lowest BCUT2D eigenvalue weighted by Gasteiger charge is -2.48. The molecule has 3 saturated heterocycles. The molecular weight excluding hydrogens is 374 g/mol. The van der Waals surface area contributed by atoms with Crippen LogP contribution < -0.4 is 10.6 Å². The summed E-state index contributed by atoms with van der Waals surface area (Å²) < 4.78 is 34.1. The Balaban J connectivity index is 1.73. The first-order valence-corrected chi connectivity index (χ1v) is 8.97. The highest BCUT2D eigenvalue weighted by Gasteiger charge is 2.38. The number of piperidine rings is 1. The fourth-order valence-electron chi connectivity index (χ4n) is 3.86. The molecule has 0 spiro atoms. The molecule has 27 heavy (non-hydrogen) atoms. The number of halogens is 3. The molecule has 3 aromatic rings. The molecule has 2 atom stereocenters. The van der Waals surface area contributed by atoms with Gasteiger partial charge in [-0.2, -0.15) is 0 Å². The quantitative estimate of drug-likeness (QED) is 0.677. The van der Waals surface area contributed by atoms with Crippen LogP contribution in [0.4, 0.5) is 20.3 Å². The number of ether oxygens (including phenoxy) is 1. The summed E-state index contributed by atoms with van der Waals surface area (Å²) in [5, 5.41) is 0.0747. The zero-order chi connectivity index (χ0) is 18.7. The van der Waals surface area contributed by atoms with Gasteiger partial charge in [0.2, 0.25) is 0 Å². The van der Waals surface area contributed by atoms with E-state index in [1.54, 1.807) is 0 Å². The van der Waals surface area contributed by atoms with Crippen molar-refractivity contribution in [2.24, 2.45) is 0 Å². The Morgan fingerprint density at radius 3 is 2.59 bits per heavy atom. The van der Waals surface area contributed by atoms with Gasteiger partial charge in [0.1, 0.15) is 23.0 Å². The third-order valence-electron chi connectivity index (χ3n) is 5.20. The van der Waals surface area contributed by atoms with Crippen LogP contribution in [0.2, 0.25) is 5.02 Å². The molecule has 2 N–H and O–H groups in total. The number of nitrogens with zero attached hydrogens (tertiary/aromatic N) is 3. The van der Waals surface area contributed by atoms with E-state index < -0.39 is 16.7 Å². The van der Waals surface area contributed by atoms with Crippen molar-refractivity contribution in [2.45, 2.75) is 18.6 Å². The molecule has 138 valence electrons. The first-order chi connectivity index (χ1) is 13.0. The van der Waals surface area contributed by atoms with Crippen LogP contribution in [0.15, 0.2) is 30.6 Å². The molecule has 0 radical (unpaired) electrons. The topological polar surface area (TPSA) is 64.3 Å². The highest BCUT2D eigenvalue weighted by Crippen LogP contribution is 2.39. The van der Waals surface area contributed by atoms with Gasteiger partial charge >= 0.3 is 0 Å². The molecule has 3 aliphatic heterocycles. The normalized spacial score (nSPS) is 21.4. The number of hydrogen-bond acceptors (Lipinski definition) is 5. The molecule has 6 rings (SSSR count).